The second-order valence-corrected chi connectivity index (χ2v) is 4.57. The van der Waals surface area contributed by atoms with Gasteiger partial charge >= 0.3 is 5.97 Å². The number of carboxylic acids is 1. The lowest BCUT2D eigenvalue weighted by Crippen LogP contribution is -2.26. The zero-order valence-corrected chi connectivity index (χ0v) is 11.5. The second-order valence-electron chi connectivity index (χ2n) is 4.57. The molecule has 0 spiro atoms. The Balaban J connectivity index is 2.19. The SMILES string of the molecule is CN(C(=O)c1ccc(CO)cc1)c1ccc(C(=O)O)cc1. The molecule has 2 aromatic rings. The van der Waals surface area contributed by atoms with Gasteiger partial charge in [0.1, 0.15) is 0 Å². The molecule has 0 aliphatic carbocycles. The van der Waals surface area contributed by atoms with Crippen LogP contribution in [0.4, 0.5) is 5.69 Å². The standard InChI is InChI=1S/C16H15NO4/c1-17(14-8-6-13(7-9-14)16(20)21)15(19)12-4-2-11(10-18)3-5-12/h2-9,18H,10H2,1H3,(H,20,21). The van der Waals surface area contributed by atoms with Gasteiger partial charge in [-0.2, -0.15) is 0 Å². The van der Waals surface area contributed by atoms with Crippen molar-refractivity contribution in [1.82, 2.24) is 0 Å². The van der Waals surface area contributed by atoms with E-state index in [0.29, 0.717) is 11.3 Å². The van der Waals surface area contributed by atoms with E-state index in [1.54, 1.807) is 43.4 Å². The van der Waals surface area contributed by atoms with Crippen molar-refractivity contribution in [2.75, 3.05) is 11.9 Å². The van der Waals surface area contributed by atoms with Crippen molar-refractivity contribution in [1.29, 1.82) is 0 Å². The third-order valence-electron chi connectivity index (χ3n) is 3.19. The first kappa shape index (κ1) is 14.7. The summed E-state index contributed by atoms with van der Waals surface area (Å²) in [6.07, 6.45) is 0. The number of carbonyl (C=O) groups excluding carboxylic acids is 1. The average Bonchev–Trinajstić information content (AvgIpc) is 2.53. The molecular weight excluding hydrogens is 270 g/mol. The number of aliphatic hydroxyl groups excluding tert-OH is 1. The number of carbonyl (C=O) groups is 2. The van der Waals surface area contributed by atoms with E-state index in [4.69, 9.17) is 10.2 Å². The summed E-state index contributed by atoms with van der Waals surface area (Å²) in [6, 6.07) is 12.8. The van der Waals surface area contributed by atoms with Gasteiger partial charge in [-0.15, -0.1) is 0 Å². The largest absolute Gasteiger partial charge is 0.478 e. The fraction of sp³-hybridized carbons (Fsp3) is 0.125. The number of hydrogen-bond acceptors (Lipinski definition) is 3. The van der Waals surface area contributed by atoms with E-state index in [2.05, 4.69) is 0 Å². The highest BCUT2D eigenvalue weighted by molar-refractivity contribution is 6.05. The minimum atomic E-state index is -1.00. The Morgan fingerprint density at radius 1 is 0.952 bits per heavy atom. The molecule has 108 valence electrons. The highest BCUT2D eigenvalue weighted by Gasteiger charge is 2.14. The molecule has 0 unspecified atom stereocenters. The van der Waals surface area contributed by atoms with Crippen LogP contribution in [0.3, 0.4) is 0 Å². The summed E-state index contributed by atoms with van der Waals surface area (Å²) >= 11 is 0. The van der Waals surface area contributed by atoms with Gasteiger partial charge in [-0.1, -0.05) is 12.1 Å². The van der Waals surface area contributed by atoms with Crippen LogP contribution in [0, 0.1) is 0 Å². The molecule has 0 saturated carbocycles. The first-order chi connectivity index (χ1) is 10.0. The minimum absolute atomic E-state index is 0.0685. The number of rotatable bonds is 4. The number of hydrogen-bond donors (Lipinski definition) is 2. The van der Waals surface area contributed by atoms with Crippen molar-refractivity contribution in [2.24, 2.45) is 0 Å². The minimum Gasteiger partial charge on any atom is -0.478 e. The fourth-order valence-electron chi connectivity index (χ4n) is 1.89. The van der Waals surface area contributed by atoms with Gasteiger partial charge in [-0.05, 0) is 42.0 Å². The molecule has 2 rings (SSSR count). The van der Waals surface area contributed by atoms with Gasteiger partial charge in [0.05, 0.1) is 12.2 Å². The molecule has 2 aromatic carbocycles. The van der Waals surface area contributed by atoms with E-state index in [1.807, 2.05) is 0 Å². The third kappa shape index (κ3) is 3.27. The van der Waals surface area contributed by atoms with E-state index in [1.165, 1.54) is 17.0 Å². The molecule has 0 heterocycles. The van der Waals surface area contributed by atoms with Crippen molar-refractivity contribution in [3.05, 3.63) is 65.2 Å². The summed E-state index contributed by atoms with van der Waals surface area (Å²) in [5.41, 5.74) is 2.01. The van der Waals surface area contributed by atoms with Crippen LogP contribution in [0.5, 0.6) is 0 Å². The van der Waals surface area contributed by atoms with Gasteiger partial charge in [0, 0.05) is 18.3 Å². The Morgan fingerprint density at radius 2 is 1.48 bits per heavy atom. The second kappa shape index (κ2) is 6.19. The first-order valence-corrected chi connectivity index (χ1v) is 6.34. The molecule has 5 heteroatoms. The summed E-state index contributed by atoms with van der Waals surface area (Å²) in [5, 5.41) is 17.8. The molecule has 0 radical (unpaired) electrons. The highest BCUT2D eigenvalue weighted by atomic mass is 16.4. The number of nitrogens with zero attached hydrogens (tertiary/aromatic N) is 1. The molecule has 0 aromatic heterocycles. The lowest BCUT2D eigenvalue weighted by atomic mass is 10.1. The van der Waals surface area contributed by atoms with Crippen molar-refractivity contribution in [3.8, 4) is 0 Å². The predicted molar refractivity (Wildman–Crippen MR) is 78.5 cm³/mol. The van der Waals surface area contributed by atoms with E-state index < -0.39 is 5.97 Å². The summed E-state index contributed by atoms with van der Waals surface area (Å²) in [7, 11) is 1.62. The summed E-state index contributed by atoms with van der Waals surface area (Å²) in [5.74, 6) is -1.21. The van der Waals surface area contributed by atoms with Crippen LogP contribution in [-0.2, 0) is 6.61 Å². The van der Waals surface area contributed by atoms with Crippen molar-refractivity contribution >= 4 is 17.6 Å². The number of amides is 1. The summed E-state index contributed by atoms with van der Waals surface area (Å²) in [4.78, 5) is 24.6. The molecule has 0 bridgehead atoms. The molecule has 2 N–H and O–H groups in total. The average molecular weight is 285 g/mol. The van der Waals surface area contributed by atoms with Crippen LogP contribution in [0.1, 0.15) is 26.3 Å². The number of benzene rings is 2. The lowest BCUT2D eigenvalue weighted by molar-refractivity contribution is 0.0696. The molecule has 0 aliphatic rings. The zero-order valence-electron chi connectivity index (χ0n) is 11.5. The van der Waals surface area contributed by atoms with Crippen LogP contribution < -0.4 is 4.90 Å². The smallest absolute Gasteiger partial charge is 0.335 e. The van der Waals surface area contributed by atoms with Crippen molar-refractivity contribution < 1.29 is 19.8 Å². The Hall–Kier alpha value is -2.66. The number of carboxylic acid groups (broad SMARTS) is 1. The van der Waals surface area contributed by atoms with Crippen LogP contribution in [0.2, 0.25) is 0 Å². The molecule has 0 fully saturated rings. The number of anilines is 1. The van der Waals surface area contributed by atoms with Crippen LogP contribution in [0.15, 0.2) is 48.5 Å². The Bertz CT molecular complexity index is 647. The van der Waals surface area contributed by atoms with E-state index in [9.17, 15) is 9.59 Å². The third-order valence-corrected chi connectivity index (χ3v) is 3.19. The van der Waals surface area contributed by atoms with Gasteiger partial charge in [0.25, 0.3) is 5.91 Å². The molecule has 0 aliphatic heterocycles. The summed E-state index contributed by atoms with van der Waals surface area (Å²) < 4.78 is 0. The molecule has 5 nitrogen and oxygen atoms in total. The molecular formula is C16H15NO4. The van der Waals surface area contributed by atoms with Gasteiger partial charge in [-0.3, -0.25) is 4.79 Å². The van der Waals surface area contributed by atoms with E-state index in [0.717, 1.165) is 5.56 Å². The van der Waals surface area contributed by atoms with Crippen LogP contribution in [0.25, 0.3) is 0 Å². The topological polar surface area (TPSA) is 77.8 Å². The molecule has 1 amide bonds. The fourth-order valence-corrected chi connectivity index (χ4v) is 1.89. The van der Waals surface area contributed by atoms with Crippen LogP contribution >= 0.6 is 0 Å². The Morgan fingerprint density at radius 3 is 1.95 bits per heavy atom. The van der Waals surface area contributed by atoms with Crippen molar-refractivity contribution in [2.45, 2.75) is 6.61 Å². The monoisotopic (exact) mass is 285 g/mol. The molecule has 0 atom stereocenters. The number of aromatic carboxylic acids is 1. The maximum Gasteiger partial charge on any atom is 0.335 e. The molecule has 21 heavy (non-hydrogen) atoms. The van der Waals surface area contributed by atoms with E-state index >= 15 is 0 Å². The molecule has 0 saturated heterocycles. The van der Waals surface area contributed by atoms with E-state index in [-0.39, 0.29) is 18.1 Å². The van der Waals surface area contributed by atoms with Gasteiger partial charge < -0.3 is 15.1 Å². The maximum atomic E-state index is 12.3. The lowest BCUT2D eigenvalue weighted by Gasteiger charge is -2.17. The Kier molecular flexibility index (Phi) is 4.35. The van der Waals surface area contributed by atoms with Gasteiger partial charge in [0.2, 0.25) is 0 Å². The zero-order chi connectivity index (χ0) is 15.4. The highest BCUT2D eigenvalue weighted by Crippen LogP contribution is 2.17. The maximum absolute atomic E-state index is 12.3. The van der Waals surface area contributed by atoms with Crippen LogP contribution in [-0.4, -0.2) is 29.1 Å². The van der Waals surface area contributed by atoms with Gasteiger partial charge in [-0.25, -0.2) is 4.79 Å². The number of aliphatic hydroxyl groups is 1. The normalized spacial score (nSPS) is 10.2. The summed E-state index contributed by atoms with van der Waals surface area (Å²) in [6.45, 7) is -0.0685. The van der Waals surface area contributed by atoms with Crippen molar-refractivity contribution in [3.63, 3.8) is 0 Å². The quantitative estimate of drug-likeness (QED) is 0.902. The Labute approximate surface area is 122 Å². The predicted octanol–water partition coefficient (Wildman–Crippen LogP) is 2.15. The van der Waals surface area contributed by atoms with Gasteiger partial charge in [0.15, 0.2) is 0 Å². The first-order valence-electron chi connectivity index (χ1n) is 6.34.